The number of rotatable bonds is 6. The number of likely N-dealkylation sites (N-methyl/N-ethyl adjacent to an activating group) is 1. The van der Waals surface area contributed by atoms with E-state index in [4.69, 9.17) is 5.11 Å². The Morgan fingerprint density at radius 2 is 1.96 bits per heavy atom. The van der Waals surface area contributed by atoms with Gasteiger partial charge in [-0.3, -0.25) is 9.69 Å². The molecule has 146 valence electrons. The lowest BCUT2D eigenvalue weighted by Crippen LogP contribution is -2.57. The van der Waals surface area contributed by atoms with E-state index in [0.29, 0.717) is 19.6 Å². The lowest BCUT2D eigenvalue weighted by molar-refractivity contribution is -0.139. The van der Waals surface area contributed by atoms with Crippen molar-refractivity contribution in [3.63, 3.8) is 0 Å². The average Bonchev–Trinajstić information content (AvgIpc) is 2.63. The number of nitrogens with one attached hydrogen (secondary N) is 1. The Balaban J connectivity index is 1.45. The van der Waals surface area contributed by atoms with Crippen LogP contribution in [0.15, 0.2) is 30.3 Å². The number of nitrogens with zero attached hydrogens (tertiary/aromatic N) is 2. The molecule has 1 aliphatic heterocycles. The molecule has 0 aromatic heterocycles. The molecule has 1 aliphatic carbocycles. The minimum absolute atomic E-state index is 0.0544. The number of aromatic hydroxyl groups is 1. The molecule has 7 nitrogen and oxygen atoms in total. The number of carboxylic acids is 1. The largest absolute Gasteiger partial charge is 0.508 e. The lowest BCUT2D eigenvalue weighted by atomic mass is 9.85. The topological polar surface area (TPSA) is 93.1 Å². The maximum absolute atomic E-state index is 12.5. The molecule has 1 fully saturated rings. The fraction of sp³-hybridized carbons (Fsp3) is 0.500. The van der Waals surface area contributed by atoms with Crippen LogP contribution >= 0.6 is 0 Å². The molecular formula is C20H27N3O4. The molecular weight excluding hydrogens is 346 g/mol. The molecule has 27 heavy (non-hydrogen) atoms. The van der Waals surface area contributed by atoms with Crippen LogP contribution in [0.25, 0.3) is 5.57 Å². The minimum atomic E-state index is -0.811. The van der Waals surface area contributed by atoms with E-state index in [1.807, 2.05) is 24.0 Å². The first-order valence-electron chi connectivity index (χ1n) is 9.46. The van der Waals surface area contributed by atoms with E-state index in [1.165, 1.54) is 5.57 Å². The summed E-state index contributed by atoms with van der Waals surface area (Å²) in [5.74, 6) is -0.561. The minimum Gasteiger partial charge on any atom is -0.508 e. The molecule has 1 aromatic rings. The van der Waals surface area contributed by atoms with Crippen LogP contribution in [0.4, 0.5) is 4.79 Å². The molecule has 0 bridgehead atoms. The molecule has 3 N–H and O–H groups in total. The summed E-state index contributed by atoms with van der Waals surface area (Å²) < 4.78 is 0. The zero-order valence-corrected chi connectivity index (χ0v) is 15.6. The van der Waals surface area contributed by atoms with Crippen molar-refractivity contribution in [2.75, 3.05) is 26.2 Å². The second-order valence-corrected chi connectivity index (χ2v) is 7.20. The summed E-state index contributed by atoms with van der Waals surface area (Å²) >= 11 is 0. The second kappa shape index (κ2) is 8.43. The third-order valence-corrected chi connectivity index (χ3v) is 5.44. The fourth-order valence-electron chi connectivity index (χ4n) is 3.73. The number of carbonyl (C=O) groups is 2. The zero-order chi connectivity index (χ0) is 19.4. The highest BCUT2D eigenvalue weighted by Gasteiger charge is 2.35. The predicted octanol–water partition coefficient (Wildman–Crippen LogP) is 2.13. The van der Waals surface area contributed by atoms with Crippen LogP contribution in [0.3, 0.4) is 0 Å². The molecule has 1 saturated carbocycles. The van der Waals surface area contributed by atoms with E-state index < -0.39 is 5.97 Å². The number of benzene rings is 1. The average molecular weight is 373 g/mol. The lowest BCUT2D eigenvalue weighted by Gasteiger charge is -2.43. The van der Waals surface area contributed by atoms with Gasteiger partial charge in [-0.15, -0.1) is 0 Å². The van der Waals surface area contributed by atoms with Gasteiger partial charge in [-0.05, 0) is 49.1 Å². The first-order valence-corrected chi connectivity index (χ1v) is 9.46. The van der Waals surface area contributed by atoms with Crippen molar-refractivity contribution in [3.05, 3.63) is 35.9 Å². The predicted molar refractivity (Wildman–Crippen MR) is 102 cm³/mol. The van der Waals surface area contributed by atoms with E-state index in [-0.39, 0.29) is 30.4 Å². The number of urea groups is 1. The maximum Gasteiger partial charge on any atom is 0.317 e. The molecule has 3 rings (SSSR count). The summed E-state index contributed by atoms with van der Waals surface area (Å²) in [7, 11) is 0. The Kier molecular flexibility index (Phi) is 6.01. The SMILES string of the molecule is CCN(CC(=O)O)C1CC(NC(=O)N2CC=C(c3ccc(O)cc3)CC2)C1. The van der Waals surface area contributed by atoms with Gasteiger partial charge in [0.1, 0.15) is 5.75 Å². The Labute approximate surface area is 159 Å². The van der Waals surface area contributed by atoms with Crippen LogP contribution in [0.5, 0.6) is 5.75 Å². The Morgan fingerprint density at radius 3 is 2.52 bits per heavy atom. The summed E-state index contributed by atoms with van der Waals surface area (Å²) in [6, 6.07) is 7.43. The maximum atomic E-state index is 12.5. The van der Waals surface area contributed by atoms with Gasteiger partial charge in [-0.1, -0.05) is 25.1 Å². The van der Waals surface area contributed by atoms with Gasteiger partial charge in [0.15, 0.2) is 0 Å². The van der Waals surface area contributed by atoms with E-state index in [2.05, 4.69) is 11.4 Å². The van der Waals surface area contributed by atoms with Gasteiger partial charge in [0.05, 0.1) is 6.54 Å². The van der Waals surface area contributed by atoms with Crippen molar-refractivity contribution in [2.24, 2.45) is 0 Å². The van der Waals surface area contributed by atoms with Crippen LogP contribution in [-0.4, -0.2) is 70.3 Å². The van der Waals surface area contributed by atoms with Gasteiger partial charge >= 0.3 is 12.0 Å². The van der Waals surface area contributed by atoms with Crippen LogP contribution in [-0.2, 0) is 4.79 Å². The monoisotopic (exact) mass is 373 g/mol. The number of carbonyl (C=O) groups excluding carboxylic acids is 1. The van der Waals surface area contributed by atoms with Gasteiger partial charge < -0.3 is 20.4 Å². The number of carboxylic acid groups (broad SMARTS) is 1. The van der Waals surface area contributed by atoms with E-state index in [9.17, 15) is 14.7 Å². The summed E-state index contributed by atoms with van der Waals surface area (Å²) in [4.78, 5) is 27.1. The van der Waals surface area contributed by atoms with Crippen molar-refractivity contribution >= 4 is 17.6 Å². The van der Waals surface area contributed by atoms with Gasteiger partial charge in [0.25, 0.3) is 0 Å². The summed E-state index contributed by atoms with van der Waals surface area (Å²) in [6.07, 6.45) is 4.45. The molecule has 2 amide bonds. The fourth-order valence-corrected chi connectivity index (χ4v) is 3.73. The van der Waals surface area contributed by atoms with Crippen molar-refractivity contribution in [1.29, 1.82) is 0 Å². The summed E-state index contributed by atoms with van der Waals surface area (Å²) in [5, 5.41) is 21.4. The van der Waals surface area contributed by atoms with E-state index in [0.717, 1.165) is 24.8 Å². The summed E-state index contributed by atoms with van der Waals surface area (Å²) in [5.41, 5.74) is 2.27. The number of aliphatic carboxylic acids is 1. The third-order valence-electron chi connectivity index (χ3n) is 5.44. The summed E-state index contributed by atoms with van der Waals surface area (Å²) in [6.45, 7) is 3.95. The number of hydrogen-bond donors (Lipinski definition) is 3. The van der Waals surface area contributed by atoms with E-state index >= 15 is 0 Å². The first kappa shape index (κ1) is 19.2. The highest BCUT2D eigenvalue weighted by atomic mass is 16.4. The van der Waals surface area contributed by atoms with Crippen molar-refractivity contribution in [1.82, 2.24) is 15.1 Å². The van der Waals surface area contributed by atoms with Crippen LogP contribution in [0.1, 0.15) is 31.7 Å². The quantitative estimate of drug-likeness (QED) is 0.710. The van der Waals surface area contributed by atoms with Crippen LogP contribution in [0.2, 0.25) is 0 Å². The molecule has 2 aliphatic rings. The number of hydrogen-bond acceptors (Lipinski definition) is 4. The number of phenolic OH excluding ortho intramolecular Hbond substituents is 1. The number of phenols is 1. The van der Waals surface area contributed by atoms with Gasteiger partial charge in [-0.25, -0.2) is 4.79 Å². The third kappa shape index (κ3) is 4.80. The molecule has 1 aromatic carbocycles. The van der Waals surface area contributed by atoms with Gasteiger partial charge in [-0.2, -0.15) is 0 Å². The number of amides is 2. The van der Waals surface area contributed by atoms with Crippen molar-refractivity contribution in [3.8, 4) is 5.75 Å². The molecule has 0 saturated heterocycles. The van der Waals surface area contributed by atoms with Crippen molar-refractivity contribution < 1.29 is 19.8 Å². The molecule has 0 atom stereocenters. The van der Waals surface area contributed by atoms with Crippen LogP contribution in [0, 0.1) is 0 Å². The van der Waals surface area contributed by atoms with Crippen LogP contribution < -0.4 is 5.32 Å². The smallest absolute Gasteiger partial charge is 0.317 e. The Hall–Kier alpha value is -2.54. The first-order chi connectivity index (χ1) is 13.0. The molecule has 1 heterocycles. The van der Waals surface area contributed by atoms with Gasteiger partial charge in [0.2, 0.25) is 0 Å². The Morgan fingerprint density at radius 1 is 1.26 bits per heavy atom. The second-order valence-electron chi connectivity index (χ2n) is 7.20. The van der Waals surface area contributed by atoms with E-state index in [1.54, 1.807) is 17.0 Å². The highest BCUT2D eigenvalue weighted by Crippen LogP contribution is 2.27. The highest BCUT2D eigenvalue weighted by molar-refractivity contribution is 5.77. The van der Waals surface area contributed by atoms with Crippen molar-refractivity contribution in [2.45, 2.75) is 38.3 Å². The van der Waals surface area contributed by atoms with Gasteiger partial charge in [0, 0.05) is 25.2 Å². The molecule has 0 spiro atoms. The Bertz CT molecular complexity index is 710. The zero-order valence-electron chi connectivity index (χ0n) is 15.6. The molecule has 7 heteroatoms. The standard InChI is InChI=1S/C20H27N3O4/c1-2-22(13-19(25)26)17-11-16(12-17)21-20(27)23-9-7-15(8-10-23)14-3-5-18(24)6-4-14/h3-7,16-17,24H,2,8-13H2,1H3,(H,21,27)(H,25,26). The molecule has 0 unspecified atom stereocenters. The molecule has 0 radical (unpaired) electrons. The normalized spacial score (nSPS) is 22.1.